The summed E-state index contributed by atoms with van der Waals surface area (Å²) in [5.74, 6) is -0.928. The lowest BCUT2D eigenvalue weighted by molar-refractivity contribution is -0.119. The van der Waals surface area contributed by atoms with Gasteiger partial charge in [-0.1, -0.05) is 11.6 Å². The van der Waals surface area contributed by atoms with Gasteiger partial charge in [0.1, 0.15) is 4.88 Å². The van der Waals surface area contributed by atoms with Gasteiger partial charge in [-0.3, -0.25) is 4.79 Å². The largest absolute Gasteiger partial charge is 0.451 e. The molecule has 0 aliphatic heterocycles. The number of ether oxygens (including phenoxy) is 1. The van der Waals surface area contributed by atoms with Crippen LogP contribution in [0.15, 0.2) is 40.2 Å². The Bertz CT molecular complexity index is 627. The first kappa shape index (κ1) is 15.0. The first-order valence-electron chi connectivity index (χ1n) is 5.52. The van der Waals surface area contributed by atoms with Gasteiger partial charge < -0.3 is 10.1 Å². The number of esters is 1. The summed E-state index contributed by atoms with van der Waals surface area (Å²) in [7, 11) is 0. The van der Waals surface area contributed by atoms with E-state index in [1.54, 1.807) is 36.4 Å². The topological polar surface area (TPSA) is 55.4 Å². The summed E-state index contributed by atoms with van der Waals surface area (Å²) in [5, 5.41) is 3.18. The summed E-state index contributed by atoms with van der Waals surface area (Å²) in [4.78, 5) is 23.7. The highest BCUT2D eigenvalue weighted by Crippen LogP contribution is 2.22. The molecule has 1 heterocycles. The first-order chi connectivity index (χ1) is 9.54. The van der Waals surface area contributed by atoms with Gasteiger partial charge in [-0.25, -0.2) is 4.79 Å². The predicted octanol–water partition coefficient (Wildman–Crippen LogP) is 3.96. The molecule has 1 aromatic heterocycles. The van der Waals surface area contributed by atoms with Crippen LogP contribution in [0.4, 0.5) is 5.69 Å². The van der Waals surface area contributed by atoms with Crippen molar-refractivity contribution in [1.82, 2.24) is 0 Å². The van der Waals surface area contributed by atoms with Gasteiger partial charge in [0.25, 0.3) is 5.91 Å². The molecule has 0 fully saturated rings. The molecule has 0 atom stereocenters. The summed E-state index contributed by atoms with van der Waals surface area (Å²) in [6.07, 6.45) is 0. The Labute approximate surface area is 132 Å². The molecule has 1 aromatic carbocycles. The van der Waals surface area contributed by atoms with Crippen LogP contribution in [0.25, 0.3) is 0 Å². The summed E-state index contributed by atoms with van der Waals surface area (Å²) in [6.45, 7) is -0.336. The fraction of sp³-hybridized carbons (Fsp3) is 0.0769. The maximum absolute atomic E-state index is 11.6. The summed E-state index contributed by atoms with van der Waals surface area (Å²) in [6, 6.07) is 10.0. The van der Waals surface area contributed by atoms with Gasteiger partial charge >= 0.3 is 5.97 Å². The van der Waals surface area contributed by atoms with Crippen LogP contribution < -0.4 is 5.32 Å². The number of hydrogen-bond acceptors (Lipinski definition) is 4. The zero-order valence-electron chi connectivity index (χ0n) is 10.1. The van der Waals surface area contributed by atoms with Gasteiger partial charge in [0, 0.05) is 10.7 Å². The summed E-state index contributed by atoms with van der Waals surface area (Å²) < 4.78 is 5.74. The molecule has 7 heteroatoms. The second-order valence-electron chi connectivity index (χ2n) is 3.73. The van der Waals surface area contributed by atoms with Gasteiger partial charge in [-0.05, 0) is 52.3 Å². The van der Waals surface area contributed by atoms with Crippen molar-refractivity contribution >= 4 is 56.4 Å². The van der Waals surface area contributed by atoms with Crippen LogP contribution in [0.2, 0.25) is 5.02 Å². The number of rotatable bonds is 4. The molecule has 1 N–H and O–H groups in total. The lowest BCUT2D eigenvalue weighted by atomic mass is 10.3. The average molecular weight is 375 g/mol. The molecule has 0 saturated carbocycles. The van der Waals surface area contributed by atoms with Gasteiger partial charge in [-0.15, -0.1) is 11.3 Å². The van der Waals surface area contributed by atoms with Crippen molar-refractivity contribution < 1.29 is 14.3 Å². The molecule has 0 saturated heterocycles. The first-order valence-corrected chi connectivity index (χ1v) is 7.51. The Kier molecular flexibility index (Phi) is 5.17. The average Bonchev–Trinajstić information content (AvgIpc) is 2.85. The van der Waals surface area contributed by atoms with E-state index >= 15 is 0 Å². The van der Waals surface area contributed by atoms with Crippen LogP contribution in [-0.2, 0) is 9.53 Å². The van der Waals surface area contributed by atoms with Gasteiger partial charge in [-0.2, -0.15) is 0 Å². The van der Waals surface area contributed by atoms with Crippen LogP contribution in [-0.4, -0.2) is 18.5 Å². The highest BCUT2D eigenvalue weighted by molar-refractivity contribution is 9.11. The maximum Gasteiger partial charge on any atom is 0.348 e. The van der Waals surface area contributed by atoms with Gasteiger partial charge in [0.05, 0.1) is 3.79 Å². The van der Waals surface area contributed by atoms with Crippen LogP contribution >= 0.6 is 38.9 Å². The van der Waals surface area contributed by atoms with Crippen molar-refractivity contribution in [3.8, 4) is 0 Å². The minimum absolute atomic E-state index is 0.336. The number of hydrogen-bond donors (Lipinski definition) is 1. The molecule has 1 amide bonds. The van der Waals surface area contributed by atoms with Crippen molar-refractivity contribution in [2.75, 3.05) is 11.9 Å². The minimum Gasteiger partial charge on any atom is -0.451 e. The van der Waals surface area contributed by atoms with Crippen molar-refractivity contribution in [1.29, 1.82) is 0 Å². The van der Waals surface area contributed by atoms with E-state index in [-0.39, 0.29) is 6.61 Å². The molecular formula is C13H9BrClNO3S. The highest BCUT2D eigenvalue weighted by atomic mass is 79.9. The van der Waals surface area contributed by atoms with Crippen LogP contribution in [0.3, 0.4) is 0 Å². The number of carbonyl (C=O) groups is 2. The third-order valence-electron chi connectivity index (χ3n) is 2.24. The van der Waals surface area contributed by atoms with Crippen LogP contribution in [0.5, 0.6) is 0 Å². The molecular weight excluding hydrogens is 366 g/mol. The quantitative estimate of drug-likeness (QED) is 0.824. The molecule has 4 nitrogen and oxygen atoms in total. The van der Waals surface area contributed by atoms with E-state index < -0.39 is 11.9 Å². The molecule has 20 heavy (non-hydrogen) atoms. The number of benzene rings is 1. The Morgan fingerprint density at radius 2 is 1.90 bits per heavy atom. The number of amides is 1. The Balaban J connectivity index is 1.83. The second kappa shape index (κ2) is 6.88. The zero-order chi connectivity index (χ0) is 14.5. The Morgan fingerprint density at radius 3 is 2.50 bits per heavy atom. The monoisotopic (exact) mass is 373 g/mol. The highest BCUT2D eigenvalue weighted by Gasteiger charge is 2.12. The fourth-order valence-electron chi connectivity index (χ4n) is 1.36. The summed E-state index contributed by atoms with van der Waals surface area (Å²) >= 11 is 10.2. The van der Waals surface area contributed by atoms with E-state index in [0.717, 1.165) is 3.79 Å². The normalized spacial score (nSPS) is 10.1. The number of halogens is 2. The number of carbonyl (C=O) groups excluding carboxylic acids is 2. The molecule has 104 valence electrons. The van der Waals surface area contributed by atoms with Crippen molar-refractivity contribution in [2.24, 2.45) is 0 Å². The van der Waals surface area contributed by atoms with Crippen molar-refractivity contribution in [3.05, 3.63) is 50.1 Å². The summed E-state index contributed by atoms with van der Waals surface area (Å²) in [5.41, 5.74) is 0.592. The van der Waals surface area contributed by atoms with E-state index in [9.17, 15) is 9.59 Å². The maximum atomic E-state index is 11.6. The van der Waals surface area contributed by atoms with Gasteiger partial charge in [0.2, 0.25) is 0 Å². The number of thiophene rings is 1. The third-order valence-corrected chi connectivity index (χ3v) is 4.09. The van der Waals surface area contributed by atoms with E-state index in [1.807, 2.05) is 0 Å². The van der Waals surface area contributed by atoms with E-state index in [0.29, 0.717) is 15.6 Å². The second-order valence-corrected chi connectivity index (χ2v) is 6.63. The molecule has 2 aromatic rings. The fourth-order valence-corrected chi connectivity index (χ4v) is 2.76. The molecule has 2 rings (SSSR count). The van der Waals surface area contributed by atoms with Crippen LogP contribution in [0.1, 0.15) is 9.67 Å². The number of anilines is 1. The molecule has 0 radical (unpaired) electrons. The van der Waals surface area contributed by atoms with E-state index in [1.165, 1.54) is 11.3 Å². The molecule has 0 aliphatic carbocycles. The molecule has 0 bridgehead atoms. The lowest BCUT2D eigenvalue weighted by Crippen LogP contribution is -2.20. The van der Waals surface area contributed by atoms with Gasteiger partial charge in [0.15, 0.2) is 6.61 Å². The Hall–Kier alpha value is -1.37. The predicted molar refractivity (Wildman–Crippen MR) is 82.4 cm³/mol. The third kappa shape index (κ3) is 4.33. The molecule has 0 aliphatic rings. The van der Waals surface area contributed by atoms with Crippen molar-refractivity contribution in [3.63, 3.8) is 0 Å². The zero-order valence-corrected chi connectivity index (χ0v) is 13.2. The Morgan fingerprint density at radius 1 is 1.20 bits per heavy atom. The SMILES string of the molecule is O=C(COC(=O)c1ccc(Br)s1)Nc1ccc(Cl)cc1. The number of nitrogens with one attached hydrogen (secondary N) is 1. The minimum atomic E-state index is -0.521. The standard InChI is InChI=1S/C13H9BrClNO3S/c14-11-6-5-10(20-11)13(18)19-7-12(17)16-9-3-1-8(15)2-4-9/h1-6H,7H2,(H,16,17). The molecule has 0 unspecified atom stereocenters. The van der Waals surface area contributed by atoms with Crippen molar-refractivity contribution in [2.45, 2.75) is 0 Å². The smallest absolute Gasteiger partial charge is 0.348 e. The lowest BCUT2D eigenvalue weighted by Gasteiger charge is -2.05. The van der Waals surface area contributed by atoms with E-state index in [2.05, 4.69) is 21.2 Å². The van der Waals surface area contributed by atoms with E-state index in [4.69, 9.17) is 16.3 Å². The molecule has 0 spiro atoms. The van der Waals surface area contributed by atoms with Crippen LogP contribution in [0, 0.1) is 0 Å².